The number of hydrogen-bond acceptors (Lipinski definition) is 3. The molecule has 2 aromatic heterocycles. The molecule has 0 bridgehead atoms. The Kier molecular flexibility index (Phi) is 3.70. The van der Waals surface area contributed by atoms with Gasteiger partial charge in [0.05, 0.1) is 0 Å². The van der Waals surface area contributed by atoms with E-state index in [1.54, 1.807) is 0 Å². The predicted octanol–water partition coefficient (Wildman–Crippen LogP) is 3.13. The molecule has 0 aliphatic carbocycles. The maximum atomic E-state index is 4.19. The largest absolute Gasteiger partial charge is 0.313 e. The molecule has 0 radical (unpaired) electrons. The van der Waals surface area contributed by atoms with E-state index in [0.717, 1.165) is 6.42 Å². The fraction of sp³-hybridized carbons (Fsp3) is 0.176. The average molecular weight is 263 g/mol. The Balaban J connectivity index is 1.99. The van der Waals surface area contributed by atoms with E-state index in [1.807, 2.05) is 37.9 Å². The first-order valence-corrected chi connectivity index (χ1v) is 6.77. The normalized spacial score (nSPS) is 12.4. The summed E-state index contributed by atoms with van der Waals surface area (Å²) in [6.45, 7) is 0. The molecule has 20 heavy (non-hydrogen) atoms. The van der Waals surface area contributed by atoms with Gasteiger partial charge in [0.15, 0.2) is 0 Å². The van der Waals surface area contributed by atoms with Crippen LogP contribution < -0.4 is 5.32 Å². The zero-order valence-electron chi connectivity index (χ0n) is 11.5. The minimum atomic E-state index is 0.269. The Hall–Kier alpha value is -2.26. The Labute approximate surface area is 118 Å². The van der Waals surface area contributed by atoms with Crippen molar-refractivity contribution in [1.29, 1.82) is 0 Å². The number of fused-ring (bicyclic) bond motifs is 1. The monoisotopic (exact) mass is 263 g/mol. The molecule has 3 nitrogen and oxygen atoms in total. The summed E-state index contributed by atoms with van der Waals surface area (Å²) in [7, 11) is 2.00. The molecule has 0 fully saturated rings. The third kappa shape index (κ3) is 2.53. The molecule has 1 atom stereocenters. The lowest BCUT2D eigenvalue weighted by Gasteiger charge is -2.18. The van der Waals surface area contributed by atoms with Gasteiger partial charge in [0.25, 0.3) is 0 Å². The number of benzene rings is 1. The Bertz CT molecular complexity index is 689. The fourth-order valence-electron chi connectivity index (χ4n) is 2.57. The molecule has 1 unspecified atom stereocenters. The Morgan fingerprint density at radius 1 is 1.00 bits per heavy atom. The van der Waals surface area contributed by atoms with Crippen LogP contribution >= 0.6 is 0 Å². The highest BCUT2D eigenvalue weighted by molar-refractivity contribution is 5.85. The molecule has 0 saturated heterocycles. The van der Waals surface area contributed by atoms with Crippen LogP contribution in [0, 0.1) is 0 Å². The van der Waals surface area contributed by atoms with Crippen LogP contribution in [0.15, 0.2) is 61.2 Å². The molecule has 0 saturated carbocycles. The highest BCUT2D eigenvalue weighted by atomic mass is 14.9. The molecule has 3 heteroatoms. The number of pyridine rings is 2. The summed E-state index contributed by atoms with van der Waals surface area (Å²) in [6.07, 6.45) is 8.42. The summed E-state index contributed by atoms with van der Waals surface area (Å²) in [4.78, 5) is 8.38. The molecule has 1 N–H and O–H groups in total. The molecular formula is C17H17N3. The average Bonchev–Trinajstić information content (AvgIpc) is 2.53. The maximum Gasteiger partial charge on any atom is 0.0365 e. The van der Waals surface area contributed by atoms with Crippen molar-refractivity contribution in [1.82, 2.24) is 15.3 Å². The Morgan fingerprint density at radius 3 is 2.70 bits per heavy atom. The molecule has 3 rings (SSSR count). The highest BCUT2D eigenvalue weighted by Crippen LogP contribution is 2.25. The lowest BCUT2D eigenvalue weighted by Crippen LogP contribution is -2.19. The van der Waals surface area contributed by atoms with E-state index >= 15 is 0 Å². The standard InChI is InChI=1S/C17H17N3/c1-18-17(10-13-4-3-8-19-11-13)16-6-2-5-14-12-20-9-7-15(14)16/h2-9,11-12,17-18H,10H2,1H3. The van der Waals surface area contributed by atoms with E-state index in [9.17, 15) is 0 Å². The molecule has 0 aliphatic heterocycles. The third-order valence-electron chi connectivity index (χ3n) is 3.60. The number of nitrogens with zero attached hydrogens (tertiary/aromatic N) is 2. The highest BCUT2D eigenvalue weighted by Gasteiger charge is 2.13. The Morgan fingerprint density at radius 2 is 1.90 bits per heavy atom. The zero-order chi connectivity index (χ0) is 13.8. The van der Waals surface area contributed by atoms with E-state index in [0.29, 0.717) is 0 Å². The smallest absolute Gasteiger partial charge is 0.0365 e. The van der Waals surface area contributed by atoms with Gasteiger partial charge in [-0.25, -0.2) is 0 Å². The van der Waals surface area contributed by atoms with E-state index in [4.69, 9.17) is 0 Å². The second-order valence-electron chi connectivity index (χ2n) is 4.85. The number of likely N-dealkylation sites (N-methyl/N-ethyl adjacent to an activating group) is 1. The summed E-state index contributed by atoms with van der Waals surface area (Å²) in [5.41, 5.74) is 2.54. The molecule has 1 aromatic carbocycles. The second-order valence-corrected chi connectivity index (χ2v) is 4.85. The molecule has 100 valence electrons. The van der Waals surface area contributed by atoms with Gasteiger partial charge in [0.1, 0.15) is 0 Å². The van der Waals surface area contributed by atoms with E-state index in [2.05, 4.69) is 45.6 Å². The summed E-state index contributed by atoms with van der Waals surface area (Å²) < 4.78 is 0. The molecule has 2 heterocycles. The van der Waals surface area contributed by atoms with Gasteiger partial charge in [-0.15, -0.1) is 0 Å². The van der Waals surface area contributed by atoms with Crippen LogP contribution in [0.2, 0.25) is 0 Å². The van der Waals surface area contributed by atoms with Crippen molar-refractivity contribution in [2.75, 3.05) is 7.05 Å². The van der Waals surface area contributed by atoms with Gasteiger partial charge in [-0.05, 0) is 42.1 Å². The zero-order valence-corrected chi connectivity index (χ0v) is 11.5. The SMILES string of the molecule is CNC(Cc1cccnc1)c1cccc2cnccc12. The quantitative estimate of drug-likeness (QED) is 0.786. The summed E-state index contributed by atoms with van der Waals surface area (Å²) in [5, 5.41) is 5.84. The van der Waals surface area contributed by atoms with Crippen molar-refractivity contribution in [3.8, 4) is 0 Å². The van der Waals surface area contributed by atoms with Crippen LogP contribution in [0.3, 0.4) is 0 Å². The van der Waals surface area contributed by atoms with E-state index in [-0.39, 0.29) is 6.04 Å². The number of nitrogens with one attached hydrogen (secondary N) is 1. The summed E-state index contributed by atoms with van der Waals surface area (Å²) in [5.74, 6) is 0. The van der Waals surface area contributed by atoms with Crippen molar-refractivity contribution in [3.05, 3.63) is 72.3 Å². The van der Waals surface area contributed by atoms with Crippen molar-refractivity contribution in [2.45, 2.75) is 12.5 Å². The molecular weight excluding hydrogens is 246 g/mol. The van der Waals surface area contributed by atoms with Gasteiger partial charge in [-0.3, -0.25) is 9.97 Å². The van der Waals surface area contributed by atoms with Crippen LogP contribution in [0.25, 0.3) is 10.8 Å². The number of rotatable bonds is 4. The first-order valence-electron chi connectivity index (χ1n) is 6.77. The van der Waals surface area contributed by atoms with Crippen molar-refractivity contribution >= 4 is 10.8 Å². The number of aromatic nitrogens is 2. The van der Waals surface area contributed by atoms with Crippen LogP contribution in [0.1, 0.15) is 17.2 Å². The van der Waals surface area contributed by atoms with Gasteiger partial charge in [-0.1, -0.05) is 24.3 Å². The van der Waals surface area contributed by atoms with E-state index < -0.39 is 0 Å². The lowest BCUT2D eigenvalue weighted by atomic mass is 9.95. The molecule has 0 aliphatic rings. The minimum Gasteiger partial charge on any atom is -0.313 e. The third-order valence-corrected chi connectivity index (χ3v) is 3.60. The van der Waals surface area contributed by atoms with Crippen molar-refractivity contribution in [2.24, 2.45) is 0 Å². The van der Waals surface area contributed by atoms with Crippen LogP contribution in [-0.2, 0) is 6.42 Å². The van der Waals surface area contributed by atoms with Gasteiger partial charge >= 0.3 is 0 Å². The molecule has 0 amide bonds. The van der Waals surface area contributed by atoms with Gasteiger partial charge < -0.3 is 5.32 Å². The second kappa shape index (κ2) is 5.80. The van der Waals surface area contributed by atoms with Gasteiger partial charge in [-0.2, -0.15) is 0 Å². The molecule has 3 aromatic rings. The minimum absolute atomic E-state index is 0.269. The van der Waals surface area contributed by atoms with Crippen LogP contribution in [0.4, 0.5) is 0 Å². The van der Waals surface area contributed by atoms with Gasteiger partial charge in [0.2, 0.25) is 0 Å². The summed E-state index contributed by atoms with van der Waals surface area (Å²) >= 11 is 0. The van der Waals surface area contributed by atoms with Crippen molar-refractivity contribution < 1.29 is 0 Å². The van der Waals surface area contributed by atoms with E-state index in [1.165, 1.54) is 21.9 Å². The van der Waals surface area contributed by atoms with Crippen molar-refractivity contribution in [3.63, 3.8) is 0 Å². The first kappa shape index (κ1) is 12.8. The topological polar surface area (TPSA) is 37.8 Å². The summed E-state index contributed by atoms with van der Waals surface area (Å²) in [6, 6.07) is 12.8. The van der Waals surface area contributed by atoms with Crippen LogP contribution in [-0.4, -0.2) is 17.0 Å². The van der Waals surface area contributed by atoms with Gasteiger partial charge in [0, 0.05) is 36.2 Å². The maximum absolute atomic E-state index is 4.19. The predicted molar refractivity (Wildman–Crippen MR) is 81.5 cm³/mol. The molecule has 0 spiro atoms. The first-order chi connectivity index (χ1) is 9.88. The fourth-order valence-corrected chi connectivity index (χ4v) is 2.57. The lowest BCUT2D eigenvalue weighted by molar-refractivity contribution is 0.595. The van der Waals surface area contributed by atoms with Crippen LogP contribution in [0.5, 0.6) is 0 Å². The number of hydrogen-bond donors (Lipinski definition) is 1.